The molecule has 4 aliphatic rings. The molecule has 4 nitrogen and oxygen atoms in total. The van der Waals surface area contributed by atoms with Gasteiger partial charge in [-0.05, 0) is 68.3 Å². The molecule has 4 aliphatic carbocycles. The molecule has 4 heteroatoms. The highest BCUT2D eigenvalue weighted by Gasteiger charge is 2.61. The second-order valence-corrected chi connectivity index (χ2v) is 8.82. The number of carbonyl (C=O) groups excluding carboxylic acids is 2. The van der Waals surface area contributed by atoms with Gasteiger partial charge in [-0.25, -0.2) is 0 Å². The van der Waals surface area contributed by atoms with Crippen molar-refractivity contribution in [3.05, 3.63) is 11.8 Å². The lowest BCUT2D eigenvalue weighted by atomic mass is 9.48. The molecule has 0 heterocycles. The van der Waals surface area contributed by atoms with Gasteiger partial charge in [0.15, 0.2) is 0 Å². The minimum atomic E-state index is -0.228. The highest BCUT2D eigenvalue weighted by Crippen LogP contribution is 2.61. The van der Waals surface area contributed by atoms with Gasteiger partial charge in [0.05, 0.1) is 0 Å². The van der Waals surface area contributed by atoms with E-state index in [4.69, 9.17) is 10.5 Å². The summed E-state index contributed by atoms with van der Waals surface area (Å²) >= 11 is 0. The van der Waals surface area contributed by atoms with Crippen molar-refractivity contribution in [2.45, 2.75) is 70.8 Å². The van der Waals surface area contributed by atoms with E-state index >= 15 is 0 Å². The number of ether oxygens (including phenoxy) is 1. The Morgan fingerprint density at radius 1 is 1.12 bits per heavy atom. The standard InChI is InChI=1S/C20H29NO3/c1-12(22)24-14-4-6-15-13(11-14)3-5-17-16-7-8-18(23)19(16,2)9-10-20(15,17)21/h11,13,15-17H,3-10,21H2,1-2H3/t13?,15?,16-,17-,19-,20-/m0/s1. The van der Waals surface area contributed by atoms with Gasteiger partial charge in [0.25, 0.3) is 0 Å². The number of Topliss-reactive ketones (excluding diaryl/α,β-unsaturated/α-hetero) is 1. The molecular formula is C20H29NO3. The minimum Gasteiger partial charge on any atom is -0.432 e. The van der Waals surface area contributed by atoms with Crippen LogP contribution < -0.4 is 5.73 Å². The van der Waals surface area contributed by atoms with E-state index in [1.165, 1.54) is 6.92 Å². The molecule has 3 fully saturated rings. The lowest BCUT2D eigenvalue weighted by Gasteiger charge is -2.59. The number of allylic oxidation sites excluding steroid dienone is 2. The third kappa shape index (κ3) is 2.22. The van der Waals surface area contributed by atoms with Gasteiger partial charge in [-0.15, -0.1) is 0 Å². The van der Waals surface area contributed by atoms with E-state index in [1.54, 1.807) is 0 Å². The van der Waals surface area contributed by atoms with Crippen molar-refractivity contribution in [1.29, 1.82) is 0 Å². The largest absolute Gasteiger partial charge is 0.432 e. The van der Waals surface area contributed by atoms with E-state index in [2.05, 4.69) is 13.0 Å². The van der Waals surface area contributed by atoms with Crippen molar-refractivity contribution < 1.29 is 14.3 Å². The molecule has 0 saturated heterocycles. The summed E-state index contributed by atoms with van der Waals surface area (Å²) < 4.78 is 5.35. The lowest BCUT2D eigenvalue weighted by Crippen LogP contribution is -2.64. The van der Waals surface area contributed by atoms with E-state index in [0.29, 0.717) is 29.5 Å². The molecule has 132 valence electrons. The highest BCUT2D eigenvalue weighted by molar-refractivity contribution is 5.87. The SMILES string of the molecule is CC(=O)OC1=CC2CC[C@H]3[C@@H]4CCC(=O)[C@@]4(C)CC[C@]3(N)C2CC1. The van der Waals surface area contributed by atoms with E-state index < -0.39 is 0 Å². The van der Waals surface area contributed by atoms with Gasteiger partial charge in [-0.3, -0.25) is 9.59 Å². The van der Waals surface area contributed by atoms with Gasteiger partial charge in [-0.2, -0.15) is 0 Å². The number of carbonyl (C=O) groups is 2. The van der Waals surface area contributed by atoms with Crippen LogP contribution in [0.4, 0.5) is 0 Å². The maximum atomic E-state index is 12.4. The topological polar surface area (TPSA) is 69.4 Å². The maximum absolute atomic E-state index is 12.4. The summed E-state index contributed by atoms with van der Waals surface area (Å²) in [6.07, 6.45) is 9.91. The zero-order valence-electron chi connectivity index (χ0n) is 14.8. The van der Waals surface area contributed by atoms with Crippen molar-refractivity contribution in [3.63, 3.8) is 0 Å². The van der Waals surface area contributed by atoms with E-state index in [1.807, 2.05) is 0 Å². The summed E-state index contributed by atoms with van der Waals surface area (Å²) in [7, 11) is 0. The normalized spacial score (nSPS) is 47.3. The first-order chi connectivity index (χ1) is 11.3. The third-order valence-electron chi connectivity index (χ3n) is 7.79. The van der Waals surface area contributed by atoms with Gasteiger partial charge < -0.3 is 10.5 Å². The number of rotatable bonds is 1. The Morgan fingerprint density at radius 3 is 2.62 bits per heavy atom. The molecular weight excluding hydrogens is 302 g/mol. The molecule has 6 atom stereocenters. The molecule has 4 rings (SSSR count). The molecule has 24 heavy (non-hydrogen) atoms. The zero-order valence-corrected chi connectivity index (χ0v) is 14.8. The van der Waals surface area contributed by atoms with Crippen molar-refractivity contribution >= 4 is 11.8 Å². The second kappa shape index (κ2) is 5.42. The van der Waals surface area contributed by atoms with Crippen LogP contribution in [0.15, 0.2) is 11.8 Å². The summed E-state index contributed by atoms with van der Waals surface area (Å²) in [6.45, 7) is 3.66. The Balaban J connectivity index is 1.60. The fourth-order valence-electron chi connectivity index (χ4n) is 6.58. The number of nitrogens with two attached hydrogens (primary N) is 1. The molecule has 2 N–H and O–H groups in total. The van der Waals surface area contributed by atoms with Crippen molar-refractivity contribution in [3.8, 4) is 0 Å². The molecule has 0 spiro atoms. The first kappa shape index (κ1) is 16.3. The average Bonchev–Trinajstić information content (AvgIpc) is 2.82. The monoisotopic (exact) mass is 331 g/mol. The highest BCUT2D eigenvalue weighted by atomic mass is 16.5. The fraction of sp³-hybridized carbons (Fsp3) is 0.800. The Hall–Kier alpha value is -1.16. The molecule has 0 aliphatic heterocycles. The van der Waals surface area contributed by atoms with Gasteiger partial charge >= 0.3 is 5.97 Å². The van der Waals surface area contributed by atoms with Crippen LogP contribution in [0.2, 0.25) is 0 Å². The number of hydrogen-bond donors (Lipinski definition) is 1. The van der Waals surface area contributed by atoms with Crippen molar-refractivity contribution in [2.75, 3.05) is 0 Å². The first-order valence-corrected chi connectivity index (χ1v) is 9.56. The molecule has 0 aromatic carbocycles. The molecule has 0 aromatic rings. The number of fused-ring (bicyclic) bond motifs is 5. The Kier molecular flexibility index (Phi) is 3.68. The van der Waals surface area contributed by atoms with Crippen LogP contribution in [-0.2, 0) is 14.3 Å². The van der Waals surface area contributed by atoms with Gasteiger partial charge in [-0.1, -0.05) is 6.92 Å². The summed E-state index contributed by atoms with van der Waals surface area (Å²) in [5.74, 6) is 2.93. The van der Waals surface area contributed by atoms with E-state index in [0.717, 1.165) is 57.1 Å². The smallest absolute Gasteiger partial charge is 0.307 e. The summed E-state index contributed by atoms with van der Waals surface area (Å²) in [5.41, 5.74) is 6.82. The summed E-state index contributed by atoms with van der Waals surface area (Å²) in [6, 6.07) is 0. The zero-order chi connectivity index (χ0) is 17.1. The molecule has 2 unspecified atom stereocenters. The van der Waals surface area contributed by atoms with Crippen LogP contribution in [0.3, 0.4) is 0 Å². The third-order valence-corrected chi connectivity index (χ3v) is 7.79. The number of esters is 1. The molecule has 3 saturated carbocycles. The maximum Gasteiger partial charge on any atom is 0.307 e. The van der Waals surface area contributed by atoms with E-state index in [9.17, 15) is 9.59 Å². The molecule has 0 bridgehead atoms. The van der Waals surface area contributed by atoms with Crippen LogP contribution in [0.5, 0.6) is 0 Å². The van der Waals surface area contributed by atoms with Gasteiger partial charge in [0.1, 0.15) is 11.5 Å². The van der Waals surface area contributed by atoms with Gasteiger partial charge in [0, 0.05) is 30.7 Å². The van der Waals surface area contributed by atoms with E-state index in [-0.39, 0.29) is 16.9 Å². The number of hydrogen-bond acceptors (Lipinski definition) is 4. The van der Waals surface area contributed by atoms with Gasteiger partial charge in [0.2, 0.25) is 0 Å². The van der Waals surface area contributed by atoms with Crippen molar-refractivity contribution in [2.24, 2.45) is 34.8 Å². The predicted octanol–water partition coefficient (Wildman–Crippen LogP) is 3.35. The van der Waals surface area contributed by atoms with Crippen LogP contribution in [-0.4, -0.2) is 17.3 Å². The molecule has 0 radical (unpaired) electrons. The summed E-state index contributed by atoms with van der Waals surface area (Å²) in [4.78, 5) is 23.7. The minimum absolute atomic E-state index is 0.117. The summed E-state index contributed by atoms with van der Waals surface area (Å²) in [5, 5.41) is 0. The predicted molar refractivity (Wildman–Crippen MR) is 90.8 cm³/mol. The first-order valence-electron chi connectivity index (χ1n) is 9.56. The van der Waals surface area contributed by atoms with Crippen LogP contribution in [0.25, 0.3) is 0 Å². The Morgan fingerprint density at radius 2 is 1.88 bits per heavy atom. The van der Waals surface area contributed by atoms with Crippen LogP contribution in [0.1, 0.15) is 65.2 Å². The quantitative estimate of drug-likeness (QED) is 0.748. The lowest BCUT2D eigenvalue weighted by molar-refractivity contribution is -0.137. The number of ketones is 1. The van der Waals surface area contributed by atoms with Crippen molar-refractivity contribution in [1.82, 2.24) is 0 Å². The Bertz CT molecular complexity index is 612. The molecule has 0 amide bonds. The molecule has 0 aromatic heterocycles. The second-order valence-electron chi connectivity index (χ2n) is 8.82. The Labute approximate surface area is 144 Å². The average molecular weight is 331 g/mol. The van der Waals surface area contributed by atoms with Crippen LogP contribution >= 0.6 is 0 Å². The fourth-order valence-corrected chi connectivity index (χ4v) is 6.58. The van der Waals surface area contributed by atoms with Crippen LogP contribution in [0, 0.1) is 29.1 Å².